The zero-order valence-corrected chi connectivity index (χ0v) is 15.7. The van der Waals surface area contributed by atoms with Crippen molar-refractivity contribution < 1.29 is 9.53 Å². The maximum absolute atomic E-state index is 13.1. The highest BCUT2D eigenvalue weighted by atomic mass is 32.2. The lowest BCUT2D eigenvalue weighted by molar-refractivity contribution is 0.0536. The molecule has 4 nitrogen and oxygen atoms in total. The first-order valence-corrected chi connectivity index (χ1v) is 9.71. The molecule has 1 saturated heterocycles. The number of carbonyl (C=O) groups excluding carboxylic acids is 1. The number of nitrogens with zero attached hydrogens (tertiary/aromatic N) is 2. The van der Waals surface area contributed by atoms with E-state index in [1.165, 1.54) is 11.8 Å². The number of ether oxygens (including phenoxy) is 1. The molecule has 1 fully saturated rings. The minimum Gasteiger partial charge on any atom is -0.376 e. The van der Waals surface area contributed by atoms with Gasteiger partial charge in [0.2, 0.25) is 0 Å². The zero-order valence-electron chi connectivity index (χ0n) is 14.9. The Bertz CT molecular complexity index is 810. The van der Waals surface area contributed by atoms with E-state index in [0.29, 0.717) is 24.2 Å². The Labute approximate surface area is 158 Å². The molecular formula is C21H22N2O2S. The lowest BCUT2D eigenvalue weighted by atomic mass is 10.1. The van der Waals surface area contributed by atoms with E-state index in [2.05, 4.69) is 6.07 Å². The van der Waals surface area contributed by atoms with Crippen LogP contribution in [0.1, 0.15) is 35.7 Å². The van der Waals surface area contributed by atoms with Crippen LogP contribution in [0.2, 0.25) is 0 Å². The molecule has 26 heavy (non-hydrogen) atoms. The van der Waals surface area contributed by atoms with Crippen molar-refractivity contribution in [2.75, 3.05) is 19.7 Å². The molecule has 0 bridgehead atoms. The van der Waals surface area contributed by atoms with Crippen molar-refractivity contribution in [3.05, 3.63) is 59.7 Å². The van der Waals surface area contributed by atoms with Crippen molar-refractivity contribution in [1.82, 2.24) is 4.90 Å². The quantitative estimate of drug-likeness (QED) is 0.763. The summed E-state index contributed by atoms with van der Waals surface area (Å²) in [5, 5.41) is 9.31. The van der Waals surface area contributed by atoms with Crippen molar-refractivity contribution in [2.24, 2.45) is 0 Å². The van der Waals surface area contributed by atoms with Crippen molar-refractivity contribution in [1.29, 1.82) is 5.26 Å². The molecule has 1 heterocycles. The van der Waals surface area contributed by atoms with E-state index < -0.39 is 0 Å². The first-order valence-electron chi connectivity index (χ1n) is 8.89. The number of amides is 1. The van der Waals surface area contributed by atoms with Gasteiger partial charge < -0.3 is 9.64 Å². The van der Waals surface area contributed by atoms with Gasteiger partial charge in [0.25, 0.3) is 5.91 Å². The highest BCUT2D eigenvalue weighted by Crippen LogP contribution is 2.33. The smallest absolute Gasteiger partial charge is 0.255 e. The van der Waals surface area contributed by atoms with Crippen molar-refractivity contribution in [3.63, 3.8) is 0 Å². The van der Waals surface area contributed by atoms with E-state index in [9.17, 15) is 10.1 Å². The van der Waals surface area contributed by atoms with Crippen LogP contribution in [0.3, 0.4) is 0 Å². The number of benzene rings is 2. The number of hydrogen-bond donors (Lipinski definition) is 0. The van der Waals surface area contributed by atoms with Gasteiger partial charge in [-0.2, -0.15) is 5.26 Å². The Morgan fingerprint density at radius 2 is 1.96 bits per heavy atom. The first kappa shape index (κ1) is 18.5. The Kier molecular flexibility index (Phi) is 6.32. The fraction of sp³-hybridized carbons (Fsp3) is 0.333. The first-order chi connectivity index (χ1) is 12.7. The fourth-order valence-electron chi connectivity index (χ4n) is 3.06. The maximum atomic E-state index is 13.1. The van der Waals surface area contributed by atoms with Crippen LogP contribution in [0.15, 0.2) is 58.3 Å². The van der Waals surface area contributed by atoms with Crippen LogP contribution in [0, 0.1) is 11.3 Å². The number of carbonyl (C=O) groups is 1. The third kappa shape index (κ3) is 4.27. The molecule has 0 N–H and O–H groups in total. The fourth-order valence-corrected chi connectivity index (χ4v) is 4.08. The molecule has 5 heteroatoms. The van der Waals surface area contributed by atoms with Gasteiger partial charge in [-0.15, -0.1) is 0 Å². The van der Waals surface area contributed by atoms with Gasteiger partial charge in [0.15, 0.2) is 0 Å². The number of likely N-dealkylation sites (N-methyl/N-ethyl adjacent to an activating group) is 1. The lowest BCUT2D eigenvalue weighted by Crippen LogP contribution is -2.37. The molecule has 0 radical (unpaired) electrons. The van der Waals surface area contributed by atoms with Crippen LogP contribution in [0.5, 0.6) is 0 Å². The predicted molar refractivity (Wildman–Crippen MR) is 102 cm³/mol. The molecule has 1 aliphatic rings. The van der Waals surface area contributed by atoms with Gasteiger partial charge >= 0.3 is 0 Å². The minimum absolute atomic E-state index is 0.0144. The molecule has 0 saturated carbocycles. The Hall–Kier alpha value is -2.29. The van der Waals surface area contributed by atoms with Gasteiger partial charge in [0, 0.05) is 29.5 Å². The Morgan fingerprint density at radius 1 is 1.23 bits per heavy atom. The largest absolute Gasteiger partial charge is 0.376 e. The van der Waals surface area contributed by atoms with Crippen LogP contribution in [-0.4, -0.2) is 36.6 Å². The highest BCUT2D eigenvalue weighted by Gasteiger charge is 2.24. The third-order valence-electron chi connectivity index (χ3n) is 4.46. The summed E-state index contributed by atoms with van der Waals surface area (Å²) in [6.45, 7) is 4.05. The normalized spacial score (nSPS) is 16.2. The third-order valence-corrected chi connectivity index (χ3v) is 5.61. The summed E-state index contributed by atoms with van der Waals surface area (Å²) >= 11 is 1.46. The van der Waals surface area contributed by atoms with Gasteiger partial charge in [-0.05, 0) is 44.0 Å². The number of rotatable bonds is 6. The van der Waals surface area contributed by atoms with E-state index in [-0.39, 0.29) is 12.0 Å². The van der Waals surface area contributed by atoms with Crippen LogP contribution < -0.4 is 0 Å². The van der Waals surface area contributed by atoms with Crippen LogP contribution in [0.4, 0.5) is 0 Å². The second kappa shape index (κ2) is 8.88. The summed E-state index contributed by atoms with van der Waals surface area (Å²) in [5.41, 5.74) is 1.29. The van der Waals surface area contributed by atoms with E-state index in [4.69, 9.17) is 4.74 Å². The van der Waals surface area contributed by atoms with Crippen LogP contribution in [-0.2, 0) is 4.74 Å². The van der Waals surface area contributed by atoms with Crippen molar-refractivity contribution in [2.45, 2.75) is 35.7 Å². The summed E-state index contributed by atoms with van der Waals surface area (Å²) in [6.07, 6.45) is 2.21. The molecule has 134 valence electrons. The van der Waals surface area contributed by atoms with E-state index in [0.717, 1.165) is 29.2 Å². The second-order valence-electron chi connectivity index (χ2n) is 6.19. The second-order valence-corrected chi connectivity index (χ2v) is 7.27. The van der Waals surface area contributed by atoms with E-state index in [1.807, 2.05) is 54.3 Å². The van der Waals surface area contributed by atoms with Gasteiger partial charge in [-0.25, -0.2) is 0 Å². The van der Waals surface area contributed by atoms with Gasteiger partial charge in [-0.1, -0.05) is 36.0 Å². The van der Waals surface area contributed by atoms with Crippen molar-refractivity contribution >= 4 is 17.7 Å². The number of nitriles is 1. The summed E-state index contributed by atoms with van der Waals surface area (Å²) < 4.78 is 5.69. The van der Waals surface area contributed by atoms with E-state index >= 15 is 0 Å². The topological polar surface area (TPSA) is 53.3 Å². The Balaban J connectivity index is 1.83. The SMILES string of the molecule is CCN(CC1CCCO1)C(=O)c1ccccc1Sc1ccccc1C#N. The summed E-state index contributed by atoms with van der Waals surface area (Å²) in [6, 6.07) is 17.3. The molecule has 3 rings (SSSR count). The average molecular weight is 366 g/mol. The predicted octanol–water partition coefficient (Wildman–Crippen LogP) is 4.35. The standard InChI is InChI=1S/C21H22N2O2S/c1-2-23(15-17-9-7-13-25-17)21(24)18-10-4-6-12-20(18)26-19-11-5-3-8-16(19)14-22/h3-6,8,10-12,17H,2,7,9,13,15H2,1H3. The molecule has 1 atom stereocenters. The van der Waals surface area contributed by atoms with Gasteiger partial charge in [-0.3, -0.25) is 4.79 Å². The molecule has 2 aromatic carbocycles. The van der Waals surface area contributed by atoms with Gasteiger partial charge in [0.05, 0.1) is 17.2 Å². The van der Waals surface area contributed by atoms with Gasteiger partial charge in [0.1, 0.15) is 6.07 Å². The number of hydrogen-bond acceptors (Lipinski definition) is 4. The van der Waals surface area contributed by atoms with Crippen LogP contribution in [0.25, 0.3) is 0 Å². The van der Waals surface area contributed by atoms with E-state index in [1.54, 1.807) is 6.07 Å². The summed E-state index contributed by atoms with van der Waals surface area (Å²) in [4.78, 5) is 16.7. The summed E-state index contributed by atoms with van der Waals surface area (Å²) in [5.74, 6) is 0.0144. The lowest BCUT2D eigenvalue weighted by Gasteiger charge is -2.25. The molecule has 2 aromatic rings. The molecule has 0 aliphatic carbocycles. The maximum Gasteiger partial charge on any atom is 0.255 e. The summed E-state index contributed by atoms with van der Waals surface area (Å²) in [7, 11) is 0. The molecule has 1 amide bonds. The highest BCUT2D eigenvalue weighted by molar-refractivity contribution is 7.99. The zero-order chi connectivity index (χ0) is 18.4. The molecule has 1 unspecified atom stereocenters. The molecular weight excluding hydrogens is 344 g/mol. The molecule has 1 aliphatic heterocycles. The monoisotopic (exact) mass is 366 g/mol. The molecule has 0 spiro atoms. The minimum atomic E-state index is 0.0144. The average Bonchev–Trinajstić information content (AvgIpc) is 3.19. The molecule has 0 aromatic heterocycles. The van der Waals surface area contributed by atoms with Crippen molar-refractivity contribution in [3.8, 4) is 6.07 Å². The van der Waals surface area contributed by atoms with Crippen LogP contribution >= 0.6 is 11.8 Å². The Morgan fingerprint density at radius 3 is 2.65 bits per heavy atom.